The second-order valence-corrected chi connectivity index (χ2v) is 11.7. The zero-order chi connectivity index (χ0) is 31.6. The number of alkyl halides is 4. The van der Waals surface area contributed by atoms with E-state index >= 15 is 4.39 Å². The number of hydrogen-bond acceptors (Lipinski definition) is 9. The standard InChI is InChI=1S/C29H33F6N7O2/c1-14-20(29(33,34)35)16(11-17(36)21(14)31)23-22(32)24-19-25(42-10-8-37-12-18(42)15(2)44-26(19)38-23)40-27(39-24)43-13-28(6-7-30)5-4-9-41(28)3/h11,15,18,37H,4-10,12-13,36H2,1-3H3/t15-,18-,28+/m0/s1. The zero-order valence-electron chi connectivity index (χ0n) is 24.5. The molecule has 2 fully saturated rings. The quantitative estimate of drug-likeness (QED) is 0.300. The Bertz CT molecular complexity index is 1610. The van der Waals surface area contributed by atoms with Crippen LogP contribution >= 0.6 is 0 Å². The van der Waals surface area contributed by atoms with Crippen molar-refractivity contribution in [2.24, 2.45) is 0 Å². The summed E-state index contributed by atoms with van der Waals surface area (Å²) in [5.74, 6) is -2.36. The first-order chi connectivity index (χ1) is 20.9. The highest BCUT2D eigenvalue weighted by atomic mass is 19.4. The number of fused-ring (bicyclic) bond motifs is 2. The first kappa shape index (κ1) is 30.4. The van der Waals surface area contributed by atoms with Crippen LogP contribution in [0.2, 0.25) is 0 Å². The minimum absolute atomic E-state index is 0.0224. The number of halogens is 6. The number of anilines is 2. The average Bonchev–Trinajstić information content (AvgIpc) is 3.28. The van der Waals surface area contributed by atoms with Crippen molar-refractivity contribution in [3.63, 3.8) is 0 Å². The second-order valence-electron chi connectivity index (χ2n) is 11.7. The zero-order valence-corrected chi connectivity index (χ0v) is 24.5. The fraction of sp³-hybridized carbons (Fsp3) is 0.552. The molecule has 6 rings (SSSR count). The highest BCUT2D eigenvalue weighted by Gasteiger charge is 2.42. The molecule has 3 N–H and O–H groups in total. The Labute approximate surface area is 249 Å². The van der Waals surface area contributed by atoms with E-state index in [2.05, 4.69) is 20.3 Å². The Balaban J connectivity index is 1.58. The number of nitrogen functional groups attached to an aromatic ring is 1. The van der Waals surface area contributed by atoms with Gasteiger partial charge in [-0.05, 0) is 58.3 Å². The predicted molar refractivity (Wildman–Crippen MR) is 152 cm³/mol. The number of piperazine rings is 1. The van der Waals surface area contributed by atoms with Gasteiger partial charge in [0, 0.05) is 25.2 Å². The van der Waals surface area contributed by atoms with Crippen molar-refractivity contribution in [2.75, 3.05) is 57.1 Å². The highest BCUT2D eigenvalue weighted by molar-refractivity contribution is 5.97. The molecule has 0 bridgehead atoms. The predicted octanol–water partition coefficient (Wildman–Crippen LogP) is 4.64. The number of nitrogens with zero attached hydrogens (tertiary/aromatic N) is 5. The summed E-state index contributed by atoms with van der Waals surface area (Å²) in [5.41, 5.74) is 0.444. The van der Waals surface area contributed by atoms with Crippen LogP contribution in [0.5, 0.6) is 11.9 Å². The highest BCUT2D eigenvalue weighted by Crippen LogP contribution is 2.46. The molecule has 0 saturated carbocycles. The molecule has 0 spiro atoms. The summed E-state index contributed by atoms with van der Waals surface area (Å²) in [4.78, 5) is 17.2. The van der Waals surface area contributed by atoms with Crippen molar-refractivity contribution in [2.45, 2.75) is 57.0 Å². The molecule has 238 valence electrons. The topological polar surface area (TPSA) is 102 Å². The number of nitrogens with one attached hydrogen (secondary N) is 1. The van der Waals surface area contributed by atoms with Gasteiger partial charge in [-0.3, -0.25) is 9.29 Å². The lowest BCUT2D eigenvalue weighted by atomic mass is 9.94. The largest absolute Gasteiger partial charge is 0.472 e. The van der Waals surface area contributed by atoms with E-state index in [9.17, 15) is 22.0 Å². The number of rotatable bonds is 6. The molecule has 15 heteroatoms. The van der Waals surface area contributed by atoms with Gasteiger partial charge in [-0.1, -0.05) is 0 Å². The number of benzene rings is 1. The van der Waals surface area contributed by atoms with Crippen LogP contribution in [0.15, 0.2) is 6.07 Å². The number of ether oxygens (including phenoxy) is 2. The molecule has 3 atom stereocenters. The molecule has 3 aliphatic rings. The molecule has 3 aliphatic heterocycles. The Morgan fingerprint density at radius 3 is 2.64 bits per heavy atom. The monoisotopic (exact) mass is 625 g/mol. The minimum atomic E-state index is -5.06. The lowest BCUT2D eigenvalue weighted by Gasteiger charge is -2.38. The average molecular weight is 626 g/mol. The van der Waals surface area contributed by atoms with Gasteiger partial charge in [0.2, 0.25) is 5.88 Å². The number of likely N-dealkylation sites (N-methyl/N-ethyl adjacent to an activating group) is 1. The van der Waals surface area contributed by atoms with Crippen LogP contribution < -0.4 is 25.4 Å². The van der Waals surface area contributed by atoms with Gasteiger partial charge in [-0.25, -0.2) is 13.8 Å². The van der Waals surface area contributed by atoms with Crippen LogP contribution in [0.1, 0.15) is 37.3 Å². The lowest BCUT2D eigenvalue weighted by molar-refractivity contribution is -0.137. The normalized spacial score (nSPS) is 23.9. The second kappa shape index (κ2) is 11.1. The van der Waals surface area contributed by atoms with Gasteiger partial charge >= 0.3 is 12.2 Å². The van der Waals surface area contributed by atoms with E-state index in [0.29, 0.717) is 26.1 Å². The van der Waals surface area contributed by atoms with Crippen LogP contribution in [-0.4, -0.2) is 84.0 Å². The number of pyridine rings is 1. The van der Waals surface area contributed by atoms with Crippen LogP contribution in [0, 0.1) is 18.6 Å². The molecule has 0 amide bonds. The third-order valence-electron chi connectivity index (χ3n) is 9.15. The van der Waals surface area contributed by atoms with Gasteiger partial charge in [-0.15, -0.1) is 0 Å². The number of aromatic nitrogens is 3. The molecule has 2 saturated heterocycles. The number of hydrogen-bond donors (Lipinski definition) is 2. The third kappa shape index (κ3) is 4.93. The molecule has 1 aromatic carbocycles. The van der Waals surface area contributed by atoms with E-state index in [-0.39, 0.29) is 47.7 Å². The summed E-state index contributed by atoms with van der Waals surface area (Å²) in [6, 6.07) is 0.216. The Hall–Kier alpha value is -3.59. The molecular formula is C29H33F6N7O2. The fourth-order valence-electron chi connectivity index (χ4n) is 6.69. The molecule has 44 heavy (non-hydrogen) atoms. The maximum absolute atomic E-state index is 16.6. The van der Waals surface area contributed by atoms with Gasteiger partial charge in [0.1, 0.15) is 40.9 Å². The molecule has 0 radical (unpaired) electrons. The smallest absolute Gasteiger partial charge is 0.417 e. The molecule has 5 heterocycles. The Kier molecular flexibility index (Phi) is 7.67. The fourth-order valence-corrected chi connectivity index (χ4v) is 6.69. The van der Waals surface area contributed by atoms with E-state index in [1.807, 2.05) is 16.8 Å². The van der Waals surface area contributed by atoms with Crippen molar-refractivity contribution in [1.29, 1.82) is 0 Å². The van der Waals surface area contributed by atoms with E-state index in [1.54, 1.807) is 6.92 Å². The molecule has 2 aromatic heterocycles. The lowest BCUT2D eigenvalue weighted by Crippen LogP contribution is -2.56. The molecule has 9 nitrogen and oxygen atoms in total. The SMILES string of the molecule is Cc1c(F)c(N)cc(-c2nc3c4c(nc(OC[C@]5(CCF)CCCN5C)nc4c2F)N2CCNC[C@H]2[C@H](C)O3)c1C(F)(F)F. The van der Waals surface area contributed by atoms with E-state index in [4.69, 9.17) is 15.2 Å². The van der Waals surface area contributed by atoms with Crippen molar-refractivity contribution in [1.82, 2.24) is 25.2 Å². The maximum Gasteiger partial charge on any atom is 0.417 e. The summed E-state index contributed by atoms with van der Waals surface area (Å²) in [5, 5.41) is 3.36. The Morgan fingerprint density at radius 1 is 1.18 bits per heavy atom. The van der Waals surface area contributed by atoms with Crippen LogP contribution in [0.4, 0.5) is 37.8 Å². The minimum Gasteiger partial charge on any atom is -0.472 e. The number of nitrogens with two attached hydrogens (primary N) is 1. The van der Waals surface area contributed by atoms with Gasteiger partial charge in [0.05, 0.1) is 29.5 Å². The van der Waals surface area contributed by atoms with Crippen molar-refractivity contribution >= 4 is 22.4 Å². The first-order valence-corrected chi connectivity index (χ1v) is 14.5. The van der Waals surface area contributed by atoms with E-state index in [0.717, 1.165) is 26.0 Å². The number of likely N-dealkylation sites (tertiary alicyclic amines) is 1. The first-order valence-electron chi connectivity index (χ1n) is 14.5. The van der Waals surface area contributed by atoms with Crippen molar-refractivity contribution < 1.29 is 35.8 Å². The summed E-state index contributed by atoms with van der Waals surface area (Å²) < 4.78 is 99.9. The van der Waals surface area contributed by atoms with Crippen molar-refractivity contribution in [3.8, 4) is 23.1 Å². The van der Waals surface area contributed by atoms with E-state index < -0.39 is 64.2 Å². The van der Waals surface area contributed by atoms with Gasteiger partial charge in [0.25, 0.3) is 0 Å². The molecule has 0 aliphatic carbocycles. The summed E-state index contributed by atoms with van der Waals surface area (Å²) in [6.07, 6.45) is -3.87. The third-order valence-corrected chi connectivity index (χ3v) is 9.15. The Morgan fingerprint density at radius 2 is 1.95 bits per heavy atom. The van der Waals surface area contributed by atoms with E-state index in [1.165, 1.54) is 0 Å². The summed E-state index contributed by atoms with van der Waals surface area (Å²) in [6.45, 7) is 4.44. The van der Waals surface area contributed by atoms with Crippen LogP contribution in [0.3, 0.4) is 0 Å². The maximum atomic E-state index is 16.6. The summed E-state index contributed by atoms with van der Waals surface area (Å²) >= 11 is 0. The van der Waals surface area contributed by atoms with Gasteiger partial charge in [-0.2, -0.15) is 23.1 Å². The van der Waals surface area contributed by atoms with Crippen LogP contribution in [-0.2, 0) is 6.18 Å². The van der Waals surface area contributed by atoms with Crippen molar-refractivity contribution in [3.05, 3.63) is 28.8 Å². The van der Waals surface area contributed by atoms with Gasteiger partial charge in [0.15, 0.2) is 5.82 Å². The van der Waals surface area contributed by atoms with Gasteiger partial charge < -0.3 is 25.4 Å². The molecule has 3 aromatic rings. The summed E-state index contributed by atoms with van der Waals surface area (Å²) in [7, 11) is 1.88. The molecular weight excluding hydrogens is 592 g/mol. The molecule has 0 unspecified atom stereocenters. The van der Waals surface area contributed by atoms with Crippen LogP contribution in [0.25, 0.3) is 22.2 Å².